The highest BCUT2D eigenvalue weighted by atomic mass is 32.1. The van der Waals surface area contributed by atoms with Gasteiger partial charge in [-0.3, -0.25) is 9.59 Å². The zero-order valence-electron chi connectivity index (χ0n) is 16.2. The molecule has 1 aliphatic heterocycles. The van der Waals surface area contributed by atoms with E-state index in [4.69, 9.17) is 4.74 Å². The number of amides is 2. The third kappa shape index (κ3) is 4.49. The molecule has 0 radical (unpaired) electrons. The molecule has 1 N–H and O–H groups in total. The Kier molecular flexibility index (Phi) is 5.62. The summed E-state index contributed by atoms with van der Waals surface area (Å²) in [5.41, 5.74) is 3.72. The molecular weight excluding hydrogens is 384 g/mol. The van der Waals surface area contributed by atoms with Crippen LogP contribution in [0.4, 0.5) is 11.4 Å². The Morgan fingerprint density at radius 3 is 2.83 bits per heavy atom. The number of aryl methyl sites for hydroxylation is 2. The van der Waals surface area contributed by atoms with Crippen LogP contribution in [0.5, 0.6) is 5.75 Å². The molecule has 1 aliphatic rings. The van der Waals surface area contributed by atoms with E-state index in [0.717, 1.165) is 34.5 Å². The molecule has 2 amide bonds. The largest absolute Gasteiger partial charge is 0.484 e. The van der Waals surface area contributed by atoms with Gasteiger partial charge in [-0.1, -0.05) is 24.3 Å². The summed E-state index contributed by atoms with van der Waals surface area (Å²) in [5.74, 6) is 0.434. The molecule has 3 aromatic rings. The van der Waals surface area contributed by atoms with E-state index in [0.29, 0.717) is 18.0 Å². The van der Waals surface area contributed by atoms with Gasteiger partial charge in [-0.25, -0.2) is 0 Å². The maximum atomic E-state index is 12.9. The first-order valence-corrected chi connectivity index (χ1v) is 10.5. The Labute approximate surface area is 173 Å². The van der Waals surface area contributed by atoms with Gasteiger partial charge in [0.1, 0.15) is 5.75 Å². The molecule has 0 aliphatic carbocycles. The number of carbonyl (C=O) groups is 2. The molecule has 1 aromatic heterocycles. The Morgan fingerprint density at radius 1 is 1.14 bits per heavy atom. The molecule has 0 saturated heterocycles. The fourth-order valence-electron chi connectivity index (χ4n) is 3.45. The van der Waals surface area contributed by atoms with Crippen molar-refractivity contribution in [3.8, 4) is 5.75 Å². The van der Waals surface area contributed by atoms with E-state index in [9.17, 15) is 9.59 Å². The van der Waals surface area contributed by atoms with Crippen LogP contribution in [0.1, 0.15) is 27.2 Å². The fourth-order valence-corrected chi connectivity index (χ4v) is 4.12. The van der Waals surface area contributed by atoms with Crippen molar-refractivity contribution in [1.29, 1.82) is 0 Å². The Morgan fingerprint density at radius 2 is 2.03 bits per heavy atom. The van der Waals surface area contributed by atoms with Crippen molar-refractivity contribution in [3.63, 3.8) is 0 Å². The van der Waals surface area contributed by atoms with Gasteiger partial charge in [0.25, 0.3) is 11.8 Å². The van der Waals surface area contributed by atoms with E-state index in [1.54, 1.807) is 0 Å². The van der Waals surface area contributed by atoms with Gasteiger partial charge in [0.2, 0.25) is 0 Å². The summed E-state index contributed by atoms with van der Waals surface area (Å²) in [7, 11) is 0. The summed E-state index contributed by atoms with van der Waals surface area (Å²) in [6.45, 7) is 2.58. The van der Waals surface area contributed by atoms with Crippen LogP contribution >= 0.6 is 11.3 Å². The summed E-state index contributed by atoms with van der Waals surface area (Å²) in [6, 6.07) is 17.1. The van der Waals surface area contributed by atoms with Gasteiger partial charge in [-0.2, -0.15) is 0 Å². The number of ether oxygens (including phenoxy) is 1. The minimum absolute atomic E-state index is 0.00667. The quantitative estimate of drug-likeness (QED) is 0.670. The maximum Gasteiger partial charge on any atom is 0.268 e. The molecule has 0 bridgehead atoms. The van der Waals surface area contributed by atoms with E-state index in [2.05, 4.69) is 5.32 Å². The summed E-state index contributed by atoms with van der Waals surface area (Å²) in [4.78, 5) is 27.7. The van der Waals surface area contributed by atoms with Gasteiger partial charge < -0.3 is 15.0 Å². The zero-order chi connectivity index (χ0) is 20.2. The molecular formula is C23H22N2O3S. The second-order valence-corrected chi connectivity index (χ2v) is 7.98. The second-order valence-electron chi connectivity index (χ2n) is 7.03. The van der Waals surface area contributed by atoms with Crippen LogP contribution in [0.15, 0.2) is 60.0 Å². The molecule has 0 atom stereocenters. The van der Waals surface area contributed by atoms with Gasteiger partial charge in [-0.15, -0.1) is 11.3 Å². The highest BCUT2D eigenvalue weighted by molar-refractivity contribution is 7.12. The average Bonchev–Trinajstić information content (AvgIpc) is 3.26. The number of thiophene rings is 1. The van der Waals surface area contributed by atoms with Crippen molar-refractivity contribution in [3.05, 3.63) is 76.0 Å². The first-order valence-electron chi connectivity index (χ1n) is 9.58. The normalized spacial score (nSPS) is 12.9. The highest BCUT2D eigenvalue weighted by Crippen LogP contribution is 2.32. The molecule has 5 nitrogen and oxygen atoms in total. The van der Waals surface area contributed by atoms with Crippen molar-refractivity contribution in [2.75, 3.05) is 23.4 Å². The second kappa shape index (κ2) is 8.49. The smallest absolute Gasteiger partial charge is 0.268 e. The number of anilines is 2. The molecule has 4 rings (SSSR count). The number of rotatable bonds is 5. The third-order valence-corrected chi connectivity index (χ3v) is 5.68. The highest BCUT2D eigenvalue weighted by Gasteiger charge is 2.24. The number of nitrogens with zero attached hydrogens (tertiary/aromatic N) is 1. The van der Waals surface area contributed by atoms with Crippen LogP contribution in [-0.4, -0.2) is 25.0 Å². The Hall–Kier alpha value is -3.12. The molecule has 29 heavy (non-hydrogen) atoms. The SMILES string of the molecule is Cc1cccc(OCC(=O)Nc2ccc3c(c2)N(C(=O)c2cccs2)CCC3)c1. The summed E-state index contributed by atoms with van der Waals surface area (Å²) in [5, 5.41) is 4.78. The van der Waals surface area contributed by atoms with E-state index >= 15 is 0 Å². The van der Waals surface area contributed by atoms with Crippen LogP contribution in [0.2, 0.25) is 0 Å². The summed E-state index contributed by atoms with van der Waals surface area (Å²) in [6.07, 6.45) is 1.86. The molecule has 148 valence electrons. The molecule has 0 unspecified atom stereocenters. The summed E-state index contributed by atoms with van der Waals surface area (Å²) >= 11 is 1.44. The number of fused-ring (bicyclic) bond motifs is 1. The Balaban J connectivity index is 1.46. The van der Waals surface area contributed by atoms with E-state index < -0.39 is 0 Å². The standard InChI is InChI=1S/C23H22N2O3S/c1-16-5-2-7-19(13-16)28-15-22(26)24-18-10-9-17-6-3-11-25(20(17)14-18)23(27)21-8-4-12-29-21/h2,4-5,7-10,12-14H,3,6,11,15H2,1H3,(H,24,26). The fraction of sp³-hybridized carbons (Fsp3) is 0.217. The van der Waals surface area contributed by atoms with E-state index in [1.165, 1.54) is 11.3 Å². The van der Waals surface area contributed by atoms with Crippen molar-refractivity contribution in [2.45, 2.75) is 19.8 Å². The lowest BCUT2D eigenvalue weighted by Gasteiger charge is -2.29. The lowest BCUT2D eigenvalue weighted by molar-refractivity contribution is -0.118. The third-order valence-electron chi connectivity index (χ3n) is 4.82. The number of nitrogens with one attached hydrogen (secondary N) is 1. The first-order chi connectivity index (χ1) is 14.1. The van der Waals surface area contributed by atoms with Gasteiger partial charge in [0.05, 0.1) is 4.88 Å². The van der Waals surface area contributed by atoms with E-state index in [1.807, 2.05) is 71.8 Å². The van der Waals surface area contributed by atoms with Crippen molar-refractivity contribution < 1.29 is 14.3 Å². The predicted molar refractivity (Wildman–Crippen MR) is 116 cm³/mol. The van der Waals surface area contributed by atoms with Crippen molar-refractivity contribution in [1.82, 2.24) is 0 Å². The lowest BCUT2D eigenvalue weighted by Crippen LogP contribution is -2.35. The molecule has 0 fully saturated rings. The average molecular weight is 407 g/mol. The zero-order valence-corrected chi connectivity index (χ0v) is 17.0. The molecule has 2 heterocycles. The predicted octanol–water partition coefficient (Wildman–Crippen LogP) is 4.67. The summed E-state index contributed by atoms with van der Waals surface area (Å²) < 4.78 is 5.57. The lowest BCUT2D eigenvalue weighted by atomic mass is 10.0. The van der Waals surface area contributed by atoms with Crippen LogP contribution < -0.4 is 15.0 Å². The number of hydrogen-bond donors (Lipinski definition) is 1. The van der Waals surface area contributed by atoms with Gasteiger partial charge in [0.15, 0.2) is 6.61 Å². The van der Waals surface area contributed by atoms with Crippen molar-refractivity contribution >= 4 is 34.5 Å². The minimum Gasteiger partial charge on any atom is -0.484 e. The van der Waals surface area contributed by atoms with Gasteiger partial charge >= 0.3 is 0 Å². The minimum atomic E-state index is -0.238. The van der Waals surface area contributed by atoms with Gasteiger partial charge in [-0.05, 0) is 66.6 Å². The van der Waals surface area contributed by atoms with Gasteiger partial charge in [0, 0.05) is 17.9 Å². The molecule has 6 heteroatoms. The topological polar surface area (TPSA) is 58.6 Å². The monoisotopic (exact) mass is 406 g/mol. The molecule has 0 saturated carbocycles. The molecule has 2 aromatic carbocycles. The number of carbonyl (C=O) groups excluding carboxylic acids is 2. The number of benzene rings is 2. The number of hydrogen-bond acceptors (Lipinski definition) is 4. The maximum absolute atomic E-state index is 12.9. The molecule has 0 spiro atoms. The van der Waals surface area contributed by atoms with Crippen LogP contribution in [0, 0.1) is 6.92 Å². The van der Waals surface area contributed by atoms with Crippen LogP contribution in [0.3, 0.4) is 0 Å². The van der Waals surface area contributed by atoms with Crippen molar-refractivity contribution in [2.24, 2.45) is 0 Å². The van der Waals surface area contributed by atoms with Crippen LogP contribution in [0.25, 0.3) is 0 Å². The van der Waals surface area contributed by atoms with E-state index in [-0.39, 0.29) is 18.4 Å². The Bertz CT molecular complexity index is 1030. The first kappa shape index (κ1) is 19.2. The van der Waals surface area contributed by atoms with Crippen LogP contribution in [-0.2, 0) is 11.2 Å².